The van der Waals surface area contributed by atoms with Crippen LogP contribution in [-0.2, 0) is 5.75 Å². The van der Waals surface area contributed by atoms with Crippen LogP contribution in [0.15, 0.2) is 71.0 Å². The lowest BCUT2D eigenvalue weighted by atomic mass is 10.1. The number of carbonyl (C=O) groups is 1. The van der Waals surface area contributed by atoms with Crippen LogP contribution in [0.5, 0.6) is 0 Å². The second-order valence-corrected chi connectivity index (χ2v) is 7.33. The van der Waals surface area contributed by atoms with Crippen molar-refractivity contribution in [2.75, 3.05) is 12.3 Å². The SMILES string of the molecule is O=C(NCCSc1ccccc1)c1ccc(CSc2ncn[nH]2)cc1. The number of thioether (sulfide) groups is 2. The Morgan fingerprint density at radius 1 is 1.04 bits per heavy atom. The van der Waals surface area contributed by atoms with E-state index in [4.69, 9.17) is 0 Å². The molecule has 3 aromatic rings. The zero-order valence-electron chi connectivity index (χ0n) is 13.5. The summed E-state index contributed by atoms with van der Waals surface area (Å²) in [5.74, 6) is 1.59. The largest absolute Gasteiger partial charge is 0.351 e. The molecule has 7 heteroatoms. The Kier molecular flexibility index (Phi) is 6.53. The Morgan fingerprint density at radius 2 is 1.84 bits per heavy atom. The number of aromatic nitrogens is 3. The van der Waals surface area contributed by atoms with E-state index in [1.165, 1.54) is 11.2 Å². The minimum Gasteiger partial charge on any atom is -0.351 e. The third-order valence-corrected chi connectivity index (χ3v) is 5.35. The number of hydrogen-bond donors (Lipinski definition) is 2. The van der Waals surface area contributed by atoms with Gasteiger partial charge >= 0.3 is 0 Å². The third kappa shape index (κ3) is 5.65. The molecule has 0 radical (unpaired) electrons. The van der Waals surface area contributed by atoms with Crippen molar-refractivity contribution in [3.63, 3.8) is 0 Å². The molecule has 0 bridgehead atoms. The molecule has 2 aromatic carbocycles. The van der Waals surface area contributed by atoms with Gasteiger partial charge in [0.05, 0.1) is 0 Å². The van der Waals surface area contributed by atoms with Gasteiger partial charge < -0.3 is 5.32 Å². The summed E-state index contributed by atoms with van der Waals surface area (Å²) in [5.41, 5.74) is 1.82. The normalized spacial score (nSPS) is 10.6. The van der Waals surface area contributed by atoms with Gasteiger partial charge in [-0.15, -0.1) is 11.8 Å². The number of H-pyrrole nitrogens is 1. The van der Waals surface area contributed by atoms with E-state index >= 15 is 0 Å². The lowest BCUT2D eigenvalue weighted by Gasteiger charge is -2.06. The van der Waals surface area contributed by atoms with Crippen molar-refractivity contribution in [3.05, 3.63) is 72.1 Å². The smallest absolute Gasteiger partial charge is 0.251 e. The summed E-state index contributed by atoms with van der Waals surface area (Å²) in [7, 11) is 0. The summed E-state index contributed by atoms with van der Waals surface area (Å²) in [4.78, 5) is 17.4. The third-order valence-electron chi connectivity index (χ3n) is 3.38. The van der Waals surface area contributed by atoms with Gasteiger partial charge in [-0.1, -0.05) is 42.1 Å². The van der Waals surface area contributed by atoms with Crippen LogP contribution < -0.4 is 5.32 Å². The summed E-state index contributed by atoms with van der Waals surface area (Å²) < 4.78 is 0. The molecule has 0 saturated heterocycles. The van der Waals surface area contributed by atoms with E-state index in [1.54, 1.807) is 23.5 Å². The topological polar surface area (TPSA) is 70.7 Å². The molecule has 128 valence electrons. The lowest BCUT2D eigenvalue weighted by molar-refractivity contribution is 0.0956. The van der Waals surface area contributed by atoms with Crippen molar-refractivity contribution >= 4 is 29.4 Å². The molecule has 0 fully saturated rings. The predicted molar refractivity (Wildman–Crippen MR) is 102 cm³/mol. The van der Waals surface area contributed by atoms with E-state index in [1.807, 2.05) is 42.5 Å². The molecular weight excluding hydrogens is 352 g/mol. The van der Waals surface area contributed by atoms with Gasteiger partial charge in [0, 0.05) is 28.5 Å². The van der Waals surface area contributed by atoms with E-state index in [9.17, 15) is 4.79 Å². The minimum atomic E-state index is -0.0388. The van der Waals surface area contributed by atoms with Crippen molar-refractivity contribution in [1.29, 1.82) is 0 Å². The second kappa shape index (κ2) is 9.29. The fourth-order valence-electron chi connectivity index (χ4n) is 2.12. The fourth-order valence-corrected chi connectivity index (χ4v) is 3.64. The summed E-state index contributed by atoms with van der Waals surface area (Å²) in [6, 6.07) is 17.8. The maximum atomic E-state index is 12.2. The molecule has 2 N–H and O–H groups in total. The van der Waals surface area contributed by atoms with Crippen LogP contribution in [-0.4, -0.2) is 33.4 Å². The number of nitrogens with zero attached hydrogens (tertiary/aromatic N) is 2. The van der Waals surface area contributed by atoms with E-state index < -0.39 is 0 Å². The number of hydrogen-bond acceptors (Lipinski definition) is 5. The number of carbonyl (C=O) groups excluding carboxylic acids is 1. The second-order valence-electron chi connectivity index (χ2n) is 5.19. The Balaban J connectivity index is 1.41. The number of benzene rings is 2. The highest BCUT2D eigenvalue weighted by Gasteiger charge is 2.05. The zero-order valence-corrected chi connectivity index (χ0v) is 15.1. The summed E-state index contributed by atoms with van der Waals surface area (Å²) in [6.45, 7) is 0.640. The molecule has 5 nitrogen and oxygen atoms in total. The Morgan fingerprint density at radius 3 is 2.56 bits per heavy atom. The highest BCUT2D eigenvalue weighted by atomic mass is 32.2. The van der Waals surface area contributed by atoms with E-state index in [0.29, 0.717) is 12.1 Å². The van der Waals surface area contributed by atoms with Crippen molar-refractivity contribution < 1.29 is 4.79 Å². The maximum absolute atomic E-state index is 12.2. The lowest BCUT2D eigenvalue weighted by Crippen LogP contribution is -2.25. The number of amides is 1. The first kappa shape index (κ1) is 17.6. The standard InChI is InChI=1S/C18H18N4OS2/c23-17(19-10-11-24-16-4-2-1-3-5-16)15-8-6-14(7-9-15)12-25-18-20-13-21-22-18/h1-9,13H,10-12H2,(H,19,23)(H,20,21,22). The van der Waals surface area contributed by atoms with Gasteiger partial charge in [-0.2, -0.15) is 5.10 Å². The van der Waals surface area contributed by atoms with E-state index in [-0.39, 0.29) is 5.91 Å². The van der Waals surface area contributed by atoms with Gasteiger partial charge in [0.1, 0.15) is 6.33 Å². The maximum Gasteiger partial charge on any atom is 0.251 e. The number of nitrogens with one attached hydrogen (secondary N) is 2. The van der Waals surface area contributed by atoms with Crippen LogP contribution in [0.2, 0.25) is 0 Å². The van der Waals surface area contributed by atoms with Crippen molar-refractivity contribution in [1.82, 2.24) is 20.5 Å². The van der Waals surface area contributed by atoms with Crippen LogP contribution in [0.25, 0.3) is 0 Å². The average molecular weight is 371 g/mol. The Bertz CT molecular complexity index is 777. The van der Waals surface area contributed by atoms with Gasteiger partial charge in [-0.3, -0.25) is 9.89 Å². The number of aromatic amines is 1. The molecule has 25 heavy (non-hydrogen) atoms. The first-order chi connectivity index (χ1) is 12.3. The molecule has 1 heterocycles. The van der Waals surface area contributed by atoms with Crippen molar-refractivity contribution in [3.8, 4) is 0 Å². The van der Waals surface area contributed by atoms with E-state index in [2.05, 4.69) is 32.6 Å². The zero-order chi connectivity index (χ0) is 17.3. The molecule has 1 aromatic heterocycles. The van der Waals surface area contributed by atoms with Gasteiger partial charge in [0.25, 0.3) is 5.91 Å². The monoisotopic (exact) mass is 370 g/mol. The molecule has 0 atom stereocenters. The molecule has 0 aliphatic rings. The quantitative estimate of drug-likeness (QED) is 0.468. The first-order valence-electron chi connectivity index (χ1n) is 7.84. The van der Waals surface area contributed by atoms with Gasteiger partial charge in [-0.25, -0.2) is 4.98 Å². The van der Waals surface area contributed by atoms with Crippen LogP contribution in [0.1, 0.15) is 15.9 Å². The van der Waals surface area contributed by atoms with Crippen LogP contribution in [0, 0.1) is 0 Å². The fraction of sp³-hybridized carbons (Fsp3) is 0.167. The van der Waals surface area contributed by atoms with Crippen molar-refractivity contribution in [2.24, 2.45) is 0 Å². The van der Waals surface area contributed by atoms with Gasteiger partial charge in [0.15, 0.2) is 5.16 Å². The first-order valence-corrected chi connectivity index (χ1v) is 9.81. The molecule has 0 spiro atoms. The molecular formula is C18H18N4OS2. The Hall–Kier alpha value is -2.25. The van der Waals surface area contributed by atoms with Gasteiger partial charge in [-0.05, 0) is 29.8 Å². The highest BCUT2D eigenvalue weighted by molar-refractivity contribution is 7.99. The van der Waals surface area contributed by atoms with Crippen LogP contribution in [0.3, 0.4) is 0 Å². The summed E-state index contributed by atoms with van der Waals surface area (Å²) in [6.07, 6.45) is 1.49. The van der Waals surface area contributed by atoms with E-state index in [0.717, 1.165) is 22.2 Å². The Labute approximate surface area is 155 Å². The predicted octanol–water partition coefficient (Wildman–Crippen LogP) is 3.62. The van der Waals surface area contributed by atoms with Crippen LogP contribution >= 0.6 is 23.5 Å². The minimum absolute atomic E-state index is 0.0388. The van der Waals surface area contributed by atoms with Gasteiger partial charge in [0.2, 0.25) is 0 Å². The molecule has 0 aliphatic heterocycles. The molecule has 0 unspecified atom stereocenters. The molecule has 3 rings (SSSR count). The van der Waals surface area contributed by atoms with Crippen molar-refractivity contribution in [2.45, 2.75) is 15.8 Å². The summed E-state index contributed by atoms with van der Waals surface area (Å²) in [5, 5.41) is 10.4. The molecule has 1 amide bonds. The van der Waals surface area contributed by atoms with Crippen LogP contribution in [0.4, 0.5) is 0 Å². The molecule has 0 saturated carbocycles. The molecule has 0 aliphatic carbocycles. The number of rotatable bonds is 8. The highest BCUT2D eigenvalue weighted by Crippen LogP contribution is 2.19. The average Bonchev–Trinajstić information content (AvgIpc) is 3.18. The summed E-state index contributed by atoms with van der Waals surface area (Å²) >= 11 is 3.31.